The summed E-state index contributed by atoms with van der Waals surface area (Å²) < 4.78 is 19.6. The molecule has 0 saturated heterocycles. The highest BCUT2D eigenvalue weighted by atomic mass is 79.9. The van der Waals surface area contributed by atoms with Gasteiger partial charge in [0, 0.05) is 10.6 Å². The Morgan fingerprint density at radius 3 is 2.70 bits per heavy atom. The lowest BCUT2D eigenvalue weighted by molar-refractivity contribution is 0.304. The summed E-state index contributed by atoms with van der Waals surface area (Å²) in [4.78, 5) is 0.137. The molecular formula is C14H10BrClFNOS. The highest BCUT2D eigenvalue weighted by Gasteiger charge is 2.09. The zero-order valence-corrected chi connectivity index (χ0v) is 13.4. The van der Waals surface area contributed by atoms with Crippen LogP contribution in [0.1, 0.15) is 11.1 Å². The third-order valence-electron chi connectivity index (χ3n) is 2.61. The molecule has 0 aromatic heterocycles. The molecule has 0 saturated carbocycles. The highest BCUT2D eigenvalue weighted by Crippen LogP contribution is 2.29. The minimum Gasteiger partial charge on any atom is -0.488 e. The Balaban J connectivity index is 2.20. The summed E-state index contributed by atoms with van der Waals surface area (Å²) >= 11 is 14.1. The first-order chi connectivity index (χ1) is 9.47. The van der Waals surface area contributed by atoms with E-state index in [9.17, 15) is 4.39 Å². The van der Waals surface area contributed by atoms with Gasteiger partial charge in [0.25, 0.3) is 0 Å². The van der Waals surface area contributed by atoms with Crippen LogP contribution < -0.4 is 10.5 Å². The third-order valence-corrected chi connectivity index (χ3v) is 3.69. The van der Waals surface area contributed by atoms with Crippen LogP contribution in [-0.4, -0.2) is 4.99 Å². The van der Waals surface area contributed by atoms with Crippen molar-refractivity contribution in [2.24, 2.45) is 5.73 Å². The molecule has 0 bridgehead atoms. The van der Waals surface area contributed by atoms with Crippen molar-refractivity contribution in [2.75, 3.05) is 0 Å². The molecule has 2 aromatic carbocycles. The quantitative estimate of drug-likeness (QED) is 0.803. The second-order valence-electron chi connectivity index (χ2n) is 4.03. The minimum absolute atomic E-state index is 0.137. The van der Waals surface area contributed by atoms with Crippen molar-refractivity contribution >= 4 is 44.7 Å². The summed E-state index contributed by atoms with van der Waals surface area (Å²) in [5.41, 5.74) is 6.78. The van der Waals surface area contributed by atoms with Crippen molar-refractivity contribution < 1.29 is 9.13 Å². The van der Waals surface area contributed by atoms with Crippen LogP contribution in [0.3, 0.4) is 0 Å². The predicted octanol–water partition coefficient (Wildman–Crippen LogP) is 4.45. The molecule has 6 heteroatoms. The molecule has 2 N–H and O–H groups in total. The lowest BCUT2D eigenvalue weighted by atomic mass is 10.1. The van der Waals surface area contributed by atoms with Crippen LogP contribution in [0.15, 0.2) is 40.9 Å². The maximum atomic E-state index is 13.2. The number of ether oxygens (including phenoxy) is 1. The number of hydrogen-bond donors (Lipinski definition) is 1. The molecule has 2 rings (SSSR count). The van der Waals surface area contributed by atoms with Gasteiger partial charge in [-0.15, -0.1) is 0 Å². The first-order valence-electron chi connectivity index (χ1n) is 5.63. The largest absolute Gasteiger partial charge is 0.488 e. The van der Waals surface area contributed by atoms with Gasteiger partial charge in [-0.3, -0.25) is 0 Å². The average molecular weight is 375 g/mol. The van der Waals surface area contributed by atoms with Crippen molar-refractivity contribution in [1.82, 2.24) is 0 Å². The Hall–Kier alpha value is -1.17. The number of nitrogens with two attached hydrogens (primary N) is 1. The summed E-state index contributed by atoms with van der Waals surface area (Å²) in [5.74, 6) is 0.247. The summed E-state index contributed by atoms with van der Waals surface area (Å²) in [6, 6.07) is 9.45. The third kappa shape index (κ3) is 3.69. The van der Waals surface area contributed by atoms with E-state index in [1.54, 1.807) is 24.3 Å². The fraction of sp³-hybridized carbons (Fsp3) is 0.0714. The van der Waals surface area contributed by atoms with Gasteiger partial charge in [-0.25, -0.2) is 4.39 Å². The summed E-state index contributed by atoms with van der Waals surface area (Å²) in [6.45, 7) is 0.229. The zero-order chi connectivity index (χ0) is 14.7. The molecule has 0 atom stereocenters. The van der Waals surface area contributed by atoms with Crippen molar-refractivity contribution in [2.45, 2.75) is 6.61 Å². The molecule has 0 heterocycles. The Morgan fingerprint density at radius 2 is 2.05 bits per heavy atom. The highest BCUT2D eigenvalue weighted by molar-refractivity contribution is 9.10. The Labute approximate surface area is 134 Å². The van der Waals surface area contributed by atoms with Crippen molar-refractivity contribution in [1.29, 1.82) is 0 Å². The van der Waals surface area contributed by atoms with Gasteiger partial charge in [-0.2, -0.15) is 0 Å². The van der Waals surface area contributed by atoms with Gasteiger partial charge in [0.05, 0.1) is 4.47 Å². The van der Waals surface area contributed by atoms with Crippen LogP contribution in [0.2, 0.25) is 5.02 Å². The number of thiocarbonyl (C=S) groups is 1. The molecule has 0 aliphatic rings. The SMILES string of the molecule is NC(=S)c1cc(F)ccc1COc1ccc(Cl)cc1Br. The summed E-state index contributed by atoms with van der Waals surface area (Å²) in [7, 11) is 0. The van der Waals surface area contributed by atoms with Crippen LogP contribution in [0.5, 0.6) is 5.75 Å². The van der Waals surface area contributed by atoms with Crippen LogP contribution >= 0.6 is 39.7 Å². The maximum absolute atomic E-state index is 13.2. The topological polar surface area (TPSA) is 35.2 Å². The van der Waals surface area contributed by atoms with E-state index in [4.69, 9.17) is 34.3 Å². The van der Waals surface area contributed by atoms with E-state index in [1.807, 2.05) is 0 Å². The molecule has 0 aliphatic carbocycles. The van der Waals surface area contributed by atoms with Crippen LogP contribution in [0.25, 0.3) is 0 Å². The lowest BCUT2D eigenvalue weighted by Gasteiger charge is -2.11. The monoisotopic (exact) mass is 373 g/mol. The van der Waals surface area contributed by atoms with E-state index < -0.39 is 0 Å². The number of rotatable bonds is 4. The van der Waals surface area contributed by atoms with E-state index in [2.05, 4.69) is 15.9 Å². The van der Waals surface area contributed by atoms with Gasteiger partial charge in [-0.1, -0.05) is 29.9 Å². The summed E-state index contributed by atoms with van der Waals surface area (Å²) in [6.07, 6.45) is 0. The number of halogens is 3. The Kier molecular flexibility index (Phi) is 4.96. The maximum Gasteiger partial charge on any atom is 0.134 e. The van der Waals surface area contributed by atoms with Gasteiger partial charge in [0.2, 0.25) is 0 Å². The fourth-order valence-corrected chi connectivity index (χ4v) is 2.64. The van der Waals surface area contributed by atoms with Gasteiger partial charge in [-0.05, 0) is 51.8 Å². The molecule has 0 amide bonds. The second-order valence-corrected chi connectivity index (χ2v) is 5.76. The van der Waals surface area contributed by atoms with Gasteiger partial charge in [0.1, 0.15) is 23.2 Å². The van der Waals surface area contributed by atoms with E-state index >= 15 is 0 Å². The van der Waals surface area contributed by atoms with E-state index in [1.165, 1.54) is 12.1 Å². The zero-order valence-electron chi connectivity index (χ0n) is 10.2. The van der Waals surface area contributed by atoms with Crippen molar-refractivity contribution in [3.05, 3.63) is 62.8 Å². The normalized spacial score (nSPS) is 10.3. The van der Waals surface area contributed by atoms with Crippen molar-refractivity contribution in [3.8, 4) is 5.75 Å². The molecule has 0 aliphatic heterocycles. The number of benzene rings is 2. The van der Waals surface area contributed by atoms with Gasteiger partial charge < -0.3 is 10.5 Å². The predicted molar refractivity (Wildman–Crippen MR) is 85.8 cm³/mol. The van der Waals surface area contributed by atoms with Crippen LogP contribution in [0, 0.1) is 5.82 Å². The van der Waals surface area contributed by atoms with Gasteiger partial charge in [0.15, 0.2) is 0 Å². The van der Waals surface area contributed by atoms with Crippen LogP contribution in [0.4, 0.5) is 4.39 Å². The molecule has 0 fully saturated rings. The summed E-state index contributed by atoms with van der Waals surface area (Å²) in [5, 5.41) is 0.606. The second kappa shape index (κ2) is 6.52. The molecule has 2 nitrogen and oxygen atoms in total. The molecule has 104 valence electrons. The fourth-order valence-electron chi connectivity index (χ4n) is 1.65. The molecule has 2 aromatic rings. The Morgan fingerprint density at radius 1 is 1.30 bits per heavy atom. The first-order valence-corrected chi connectivity index (χ1v) is 7.21. The molecular weight excluding hydrogens is 365 g/mol. The lowest BCUT2D eigenvalue weighted by Crippen LogP contribution is -2.14. The average Bonchev–Trinajstić information content (AvgIpc) is 2.38. The van der Waals surface area contributed by atoms with Crippen LogP contribution in [-0.2, 0) is 6.61 Å². The van der Waals surface area contributed by atoms with E-state index in [0.29, 0.717) is 16.3 Å². The first kappa shape index (κ1) is 15.2. The van der Waals surface area contributed by atoms with E-state index in [-0.39, 0.29) is 17.4 Å². The molecule has 0 unspecified atom stereocenters. The van der Waals surface area contributed by atoms with Crippen molar-refractivity contribution in [3.63, 3.8) is 0 Å². The molecule has 0 spiro atoms. The van der Waals surface area contributed by atoms with Gasteiger partial charge >= 0.3 is 0 Å². The smallest absolute Gasteiger partial charge is 0.134 e. The molecule has 20 heavy (non-hydrogen) atoms. The molecule has 0 radical (unpaired) electrons. The van der Waals surface area contributed by atoms with E-state index in [0.717, 1.165) is 10.0 Å². The Bertz CT molecular complexity index is 666. The standard InChI is InChI=1S/C14H10BrClFNOS/c15-12-5-9(16)2-4-13(12)19-7-8-1-3-10(17)6-11(8)14(18)20/h1-6H,7H2,(H2,18,20). The number of hydrogen-bond acceptors (Lipinski definition) is 2. The minimum atomic E-state index is -0.385.